The van der Waals surface area contributed by atoms with Gasteiger partial charge in [0.2, 0.25) is 11.6 Å². The SMILES string of the molecule is CCC(=NOCc1ccccc1)C(=O)c1ccc(Sc2ccccc2)cc1.CCCCCC(OCc1ccccc1)C(=N)C(=O)c1ccc(Sc2ccccc2)cc1. The van der Waals surface area contributed by atoms with E-state index in [1.165, 1.54) is 4.90 Å². The van der Waals surface area contributed by atoms with Gasteiger partial charge in [0.15, 0.2) is 0 Å². The maximum atomic E-state index is 13.0. The average Bonchev–Trinajstić information content (AvgIpc) is 3.28. The molecule has 0 heterocycles. The standard InChI is InChI=1S/C27H29NO2S.C23H21NO2S/c1-2-3-6-15-25(30-20-21-11-7-4-8-12-21)26(28)27(29)22-16-18-24(19-17-22)31-23-13-9-5-10-14-23;1-2-22(24-26-17-18-9-5-3-6-10-18)23(25)19-13-15-21(16-14-19)27-20-11-7-4-8-12-20/h4-5,7-14,16-19,25,28H,2-3,6,15,20H2,1H3;3-16H,2,17H2,1H3. The minimum Gasteiger partial charge on any atom is -0.391 e. The van der Waals surface area contributed by atoms with Crippen molar-refractivity contribution >= 4 is 46.5 Å². The molecule has 0 spiro atoms. The summed E-state index contributed by atoms with van der Waals surface area (Å²) in [7, 11) is 0. The smallest absolute Gasteiger partial charge is 0.210 e. The van der Waals surface area contributed by atoms with E-state index in [2.05, 4.69) is 36.3 Å². The van der Waals surface area contributed by atoms with Gasteiger partial charge in [-0.15, -0.1) is 0 Å². The molecule has 6 aromatic carbocycles. The molecule has 0 saturated heterocycles. The minimum atomic E-state index is -0.488. The molecule has 6 rings (SSSR count). The topological polar surface area (TPSA) is 88.8 Å². The van der Waals surface area contributed by atoms with Crippen LogP contribution >= 0.6 is 23.5 Å². The average molecular weight is 807 g/mol. The van der Waals surface area contributed by atoms with Crippen molar-refractivity contribution in [3.05, 3.63) is 192 Å². The molecule has 6 aromatic rings. The number of rotatable bonds is 20. The van der Waals surface area contributed by atoms with E-state index in [4.69, 9.17) is 15.0 Å². The highest BCUT2D eigenvalue weighted by Gasteiger charge is 2.23. The zero-order valence-corrected chi connectivity index (χ0v) is 34.7. The molecular formula is C50H50N2O4S2. The number of carbonyl (C=O) groups is 2. The van der Waals surface area contributed by atoms with Gasteiger partial charge in [-0.05, 0) is 96.8 Å². The van der Waals surface area contributed by atoms with E-state index >= 15 is 0 Å². The number of nitrogens with one attached hydrogen (secondary N) is 1. The van der Waals surface area contributed by atoms with Crippen LogP contribution in [0.2, 0.25) is 0 Å². The molecule has 1 unspecified atom stereocenters. The highest BCUT2D eigenvalue weighted by Crippen LogP contribution is 2.29. The predicted molar refractivity (Wildman–Crippen MR) is 239 cm³/mol. The summed E-state index contributed by atoms with van der Waals surface area (Å²) in [4.78, 5) is 35.5. The lowest BCUT2D eigenvalue weighted by atomic mass is 9.99. The van der Waals surface area contributed by atoms with E-state index in [0.29, 0.717) is 42.9 Å². The highest BCUT2D eigenvalue weighted by atomic mass is 32.2. The van der Waals surface area contributed by atoms with Crippen LogP contribution in [0.1, 0.15) is 77.8 Å². The van der Waals surface area contributed by atoms with Gasteiger partial charge in [0, 0.05) is 30.7 Å². The fraction of sp³-hybridized carbons (Fsp3) is 0.200. The van der Waals surface area contributed by atoms with E-state index in [9.17, 15) is 9.59 Å². The summed E-state index contributed by atoms with van der Waals surface area (Å²) in [5.41, 5.74) is 3.68. The molecule has 8 heteroatoms. The van der Waals surface area contributed by atoms with Crippen molar-refractivity contribution in [2.45, 2.75) is 84.9 Å². The summed E-state index contributed by atoms with van der Waals surface area (Å²) in [6, 6.07) is 55.1. The fourth-order valence-electron chi connectivity index (χ4n) is 5.75. The molecule has 0 aromatic heterocycles. The summed E-state index contributed by atoms with van der Waals surface area (Å²) in [5.74, 6) is -0.354. The number of oxime groups is 1. The molecule has 1 atom stereocenters. The number of Topliss-reactive ketones (excluding diaryl/α,β-unsaturated/α-hetero) is 2. The van der Waals surface area contributed by atoms with Crippen molar-refractivity contribution in [3.63, 3.8) is 0 Å². The summed E-state index contributed by atoms with van der Waals surface area (Å²) in [6.45, 7) is 4.80. The third kappa shape index (κ3) is 14.4. The first-order valence-electron chi connectivity index (χ1n) is 19.7. The number of ketones is 2. The third-order valence-electron chi connectivity index (χ3n) is 8.97. The Labute approximate surface area is 351 Å². The van der Waals surface area contributed by atoms with Gasteiger partial charge in [0.1, 0.15) is 24.1 Å². The van der Waals surface area contributed by atoms with Crippen molar-refractivity contribution in [3.8, 4) is 0 Å². The molecule has 6 nitrogen and oxygen atoms in total. The molecule has 1 N–H and O–H groups in total. The lowest BCUT2D eigenvalue weighted by Gasteiger charge is -2.18. The quantitative estimate of drug-likeness (QED) is 0.0358. The molecule has 0 fully saturated rings. The second-order valence-corrected chi connectivity index (χ2v) is 15.7. The Morgan fingerprint density at radius 3 is 1.45 bits per heavy atom. The number of hydrogen-bond donors (Lipinski definition) is 1. The van der Waals surface area contributed by atoms with Gasteiger partial charge in [0.25, 0.3) is 0 Å². The first kappa shape index (κ1) is 43.6. The number of ether oxygens (including phenoxy) is 1. The summed E-state index contributed by atoms with van der Waals surface area (Å²) in [5, 5.41) is 12.6. The molecule has 0 aliphatic rings. The lowest BCUT2D eigenvalue weighted by molar-refractivity contribution is 0.0725. The van der Waals surface area contributed by atoms with E-state index in [-0.39, 0.29) is 17.3 Å². The van der Waals surface area contributed by atoms with Crippen molar-refractivity contribution in [1.29, 1.82) is 5.41 Å². The number of carbonyl (C=O) groups excluding carboxylic acids is 2. The van der Waals surface area contributed by atoms with E-state index in [1.54, 1.807) is 23.5 Å². The molecule has 58 heavy (non-hydrogen) atoms. The van der Waals surface area contributed by atoms with Gasteiger partial charge in [-0.3, -0.25) is 15.0 Å². The number of nitrogens with zero attached hydrogens (tertiary/aromatic N) is 1. The van der Waals surface area contributed by atoms with Crippen LogP contribution in [0.25, 0.3) is 0 Å². The minimum absolute atomic E-state index is 0.0375. The first-order valence-corrected chi connectivity index (χ1v) is 21.3. The molecule has 0 amide bonds. The largest absolute Gasteiger partial charge is 0.391 e. The van der Waals surface area contributed by atoms with Gasteiger partial charge >= 0.3 is 0 Å². The van der Waals surface area contributed by atoms with Crippen LogP contribution in [-0.2, 0) is 22.8 Å². The summed E-state index contributed by atoms with van der Waals surface area (Å²) < 4.78 is 6.03. The Morgan fingerprint density at radius 2 is 0.983 bits per heavy atom. The van der Waals surface area contributed by atoms with E-state index in [1.807, 2.05) is 153 Å². The van der Waals surface area contributed by atoms with Crippen LogP contribution in [-0.4, -0.2) is 29.1 Å². The molecule has 0 saturated carbocycles. The molecule has 0 aliphatic carbocycles. The molecule has 296 valence electrons. The van der Waals surface area contributed by atoms with Crippen molar-refractivity contribution in [2.75, 3.05) is 0 Å². The molecule has 0 bridgehead atoms. The predicted octanol–water partition coefficient (Wildman–Crippen LogP) is 13.2. The monoisotopic (exact) mass is 806 g/mol. The van der Waals surface area contributed by atoms with Crippen molar-refractivity contribution in [1.82, 2.24) is 0 Å². The number of benzene rings is 6. The molecular weight excluding hydrogens is 757 g/mol. The van der Waals surface area contributed by atoms with Crippen molar-refractivity contribution in [2.24, 2.45) is 5.16 Å². The number of unbranched alkanes of at least 4 members (excludes halogenated alkanes) is 2. The van der Waals surface area contributed by atoms with Gasteiger partial charge in [-0.25, -0.2) is 0 Å². The second-order valence-electron chi connectivity index (χ2n) is 13.4. The van der Waals surface area contributed by atoms with Gasteiger partial charge in [-0.2, -0.15) is 0 Å². The Hall–Kier alpha value is -5.54. The third-order valence-corrected chi connectivity index (χ3v) is 11.0. The maximum absolute atomic E-state index is 13.0. The van der Waals surface area contributed by atoms with Crippen molar-refractivity contribution < 1.29 is 19.2 Å². The zero-order chi connectivity index (χ0) is 40.8. The Morgan fingerprint density at radius 1 is 0.552 bits per heavy atom. The lowest BCUT2D eigenvalue weighted by Crippen LogP contribution is -2.30. The Balaban J connectivity index is 0.000000223. The maximum Gasteiger partial charge on any atom is 0.210 e. The Kier molecular flexibility index (Phi) is 18.2. The van der Waals surface area contributed by atoms with E-state index in [0.717, 1.165) is 45.1 Å². The van der Waals surface area contributed by atoms with Gasteiger partial charge in [0.05, 0.1) is 6.61 Å². The van der Waals surface area contributed by atoms with Crippen LogP contribution in [0.15, 0.2) is 195 Å². The highest BCUT2D eigenvalue weighted by molar-refractivity contribution is 7.99. The fourth-order valence-corrected chi connectivity index (χ4v) is 7.43. The van der Waals surface area contributed by atoms with Gasteiger partial charge < -0.3 is 9.57 Å². The normalized spacial score (nSPS) is 11.5. The van der Waals surface area contributed by atoms with Gasteiger partial charge in [-0.1, -0.05) is 159 Å². The summed E-state index contributed by atoms with van der Waals surface area (Å²) in [6.07, 6.45) is 3.82. The van der Waals surface area contributed by atoms with Crippen LogP contribution in [0.5, 0.6) is 0 Å². The Bertz CT molecular complexity index is 2160. The zero-order valence-electron chi connectivity index (χ0n) is 33.1. The second kappa shape index (κ2) is 24.3. The van der Waals surface area contributed by atoms with Crippen LogP contribution in [0.4, 0.5) is 0 Å². The summed E-state index contributed by atoms with van der Waals surface area (Å²) >= 11 is 3.32. The van der Waals surface area contributed by atoms with Crippen LogP contribution in [0.3, 0.4) is 0 Å². The van der Waals surface area contributed by atoms with Crippen LogP contribution < -0.4 is 0 Å². The molecule has 0 radical (unpaired) electrons. The number of hydrogen-bond acceptors (Lipinski definition) is 8. The molecule has 0 aliphatic heterocycles. The first-order chi connectivity index (χ1) is 28.4. The van der Waals surface area contributed by atoms with E-state index < -0.39 is 6.10 Å². The van der Waals surface area contributed by atoms with Crippen LogP contribution in [0, 0.1) is 5.41 Å².